The SMILES string of the molecule is Cc1cc(N2CCC(N)CC2)ccc1OC1CCOC1. The largest absolute Gasteiger partial charge is 0.488 e. The Bertz CT molecular complexity index is 450. The van der Waals surface area contributed by atoms with Gasteiger partial charge in [0.2, 0.25) is 0 Å². The molecule has 0 aromatic heterocycles. The van der Waals surface area contributed by atoms with Gasteiger partial charge in [0.25, 0.3) is 0 Å². The molecule has 2 aliphatic heterocycles. The second kappa shape index (κ2) is 6.02. The van der Waals surface area contributed by atoms with E-state index in [1.807, 2.05) is 0 Å². The molecule has 4 heteroatoms. The molecule has 0 radical (unpaired) electrons. The van der Waals surface area contributed by atoms with Gasteiger partial charge in [0.15, 0.2) is 0 Å². The Morgan fingerprint density at radius 2 is 2.05 bits per heavy atom. The molecular weight excluding hydrogens is 252 g/mol. The van der Waals surface area contributed by atoms with Crippen molar-refractivity contribution < 1.29 is 9.47 Å². The zero-order valence-corrected chi connectivity index (χ0v) is 12.2. The fraction of sp³-hybridized carbons (Fsp3) is 0.625. The van der Waals surface area contributed by atoms with Gasteiger partial charge in [-0.05, 0) is 43.5 Å². The van der Waals surface area contributed by atoms with Crippen molar-refractivity contribution in [1.82, 2.24) is 0 Å². The maximum Gasteiger partial charge on any atom is 0.124 e. The van der Waals surface area contributed by atoms with Crippen LogP contribution in [0.3, 0.4) is 0 Å². The van der Waals surface area contributed by atoms with Crippen LogP contribution >= 0.6 is 0 Å². The van der Waals surface area contributed by atoms with E-state index in [9.17, 15) is 0 Å². The summed E-state index contributed by atoms with van der Waals surface area (Å²) in [4.78, 5) is 2.42. The van der Waals surface area contributed by atoms with Crippen LogP contribution in [0, 0.1) is 6.92 Å². The highest BCUT2D eigenvalue weighted by atomic mass is 16.5. The van der Waals surface area contributed by atoms with Crippen molar-refractivity contribution in [1.29, 1.82) is 0 Å². The van der Waals surface area contributed by atoms with Crippen LogP contribution in [0.15, 0.2) is 18.2 Å². The fourth-order valence-corrected chi connectivity index (χ4v) is 2.91. The fourth-order valence-electron chi connectivity index (χ4n) is 2.91. The highest BCUT2D eigenvalue weighted by Crippen LogP contribution is 2.28. The van der Waals surface area contributed by atoms with E-state index in [4.69, 9.17) is 15.2 Å². The lowest BCUT2D eigenvalue weighted by molar-refractivity contribution is 0.141. The first-order valence-corrected chi connectivity index (χ1v) is 7.58. The minimum atomic E-state index is 0.215. The number of ether oxygens (including phenoxy) is 2. The molecule has 2 N–H and O–H groups in total. The summed E-state index contributed by atoms with van der Waals surface area (Å²) >= 11 is 0. The number of anilines is 1. The summed E-state index contributed by atoms with van der Waals surface area (Å²) in [6, 6.07) is 6.85. The minimum absolute atomic E-state index is 0.215. The summed E-state index contributed by atoms with van der Waals surface area (Å²) in [5.74, 6) is 0.984. The van der Waals surface area contributed by atoms with Crippen molar-refractivity contribution in [3.05, 3.63) is 23.8 Å². The molecule has 2 fully saturated rings. The van der Waals surface area contributed by atoms with Gasteiger partial charge < -0.3 is 20.1 Å². The summed E-state index contributed by atoms with van der Waals surface area (Å²) < 4.78 is 11.4. The molecule has 2 saturated heterocycles. The number of aryl methyl sites for hydroxylation is 1. The molecule has 1 aromatic carbocycles. The molecule has 0 bridgehead atoms. The molecule has 1 unspecified atom stereocenters. The molecule has 0 saturated carbocycles. The maximum atomic E-state index is 6.00. The van der Waals surface area contributed by atoms with Crippen LogP contribution in [0.25, 0.3) is 0 Å². The second-order valence-corrected chi connectivity index (χ2v) is 5.88. The first-order valence-electron chi connectivity index (χ1n) is 7.58. The number of hydrogen-bond donors (Lipinski definition) is 1. The molecule has 0 amide bonds. The predicted octanol–water partition coefficient (Wildman–Crippen LogP) is 2.09. The molecule has 2 heterocycles. The van der Waals surface area contributed by atoms with E-state index in [0.29, 0.717) is 12.6 Å². The van der Waals surface area contributed by atoms with E-state index in [-0.39, 0.29) is 6.10 Å². The van der Waals surface area contributed by atoms with Crippen LogP contribution in [0.5, 0.6) is 5.75 Å². The Hall–Kier alpha value is -1.26. The van der Waals surface area contributed by atoms with E-state index < -0.39 is 0 Å². The summed E-state index contributed by atoms with van der Waals surface area (Å²) in [5, 5.41) is 0. The summed E-state index contributed by atoms with van der Waals surface area (Å²) in [5.41, 5.74) is 8.44. The number of benzene rings is 1. The van der Waals surface area contributed by atoms with Crippen molar-refractivity contribution in [3.63, 3.8) is 0 Å². The minimum Gasteiger partial charge on any atom is -0.488 e. The van der Waals surface area contributed by atoms with Crippen molar-refractivity contribution in [3.8, 4) is 5.75 Å². The number of rotatable bonds is 3. The Morgan fingerprint density at radius 3 is 2.70 bits per heavy atom. The Labute approximate surface area is 120 Å². The number of piperidine rings is 1. The summed E-state index contributed by atoms with van der Waals surface area (Å²) in [7, 11) is 0. The summed E-state index contributed by atoms with van der Waals surface area (Å²) in [6.07, 6.45) is 3.37. The van der Waals surface area contributed by atoms with Gasteiger partial charge in [0, 0.05) is 31.2 Å². The standard InChI is InChI=1S/C16H24N2O2/c1-12-10-14(18-7-4-13(17)5-8-18)2-3-16(12)20-15-6-9-19-11-15/h2-3,10,13,15H,4-9,11,17H2,1H3. The van der Waals surface area contributed by atoms with Gasteiger partial charge in [-0.25, -0.2) is 0 Å². The molecule has 3 rings (SSSR count). The van der Waals surface area contributed by atoms with Crippen molar-refractivity contribution in [2.24, 2.45) is 5.73 Å². The third-order valence-corrected chi connectivity index (χ3v) is 4.24. The second-order valence-electron chi connectivity index (χ2n) is 5.88. The molecule has 110 valence electrons. The van der Waals surface area contributed by atoms with Crippen LogP contribution in [0.4, 0.5) is 5.69 Å². The Morgan fingerprint density at radius 1 is 1.25 bits per heavy atom. The quantitative estimate of drug-likeness (QED) is 0.918. The smallest absolute Gasteiger partial charge is 0.124 e. The zero-order chi connectivity index (χ0) is 13.9. The lowest BCUT2D eigenvalue weighted by Gasteiger charge is -2.32. The van der Waals surface area contributed by atoms with Crippen LogP contribution in [0.2, 0.25) is 0 Å². The zero-order valence-electron chi connectivity index (χ0n) is 12.2. The van der Waals surface area contributed by atoms with Gasteiger partial charge in [-0.2, -0.15) is 0 Å². The first-order chi connectivity index (χ1) is 9.72. The van der Waals surface area contributed by atoms with Crippen LogP contribution in [-0.2, 0) is 4.74 Å². The molecule has 0 aliphatic carbocycles. The molecule has 4 nitrogen and oxygen atoms in total. The lowest BCUT2D eigenvalue weighted by atomic mass is 10.0. The molecule has 1 aromatic rings. The van der Waals surface area contributed by atoms with Gasteiger partial charge in [0.1, 0.15) is 11.9 Å². The first kappa shape index (κ1) is 13.7. The van der Waals surface area contributed by atoms with Crippen LogP contribution in [-0.4, -0.2) is 38.4 Å². The topological polar surface area (TPSA) is 47.7 Å². The van der Waals surface area contributed by atoms with E-state index in [1.54, 1.807) is 0 Å². The molecule has 1 atom stereocenters. The highest BCUT2D eigenvalue weighted by Gasteiger charge is 2.19. The maximum absolute atomic E-state index is 6.00. The number of nitrogens with two attached hydrogens (primary N) is 1. The predicted molar refractivity (Wildman–Crippen MR) is 80.5 cm³/mol. The van der Waals surface area contributed by atoms with Crippen molar-refractivity contribution >= 4 is 5.69 Å². The van der Waals surface area contributed by atoms with Crippen molar-refractivity contribution in [2.75, 3.05) is 31.2 Å². The normalized spacial score (nSPS) is 24.1. The Kier molecular flexibility index (Phi) is 4.13. The average Bonchev–Trinajstić information content (AvgIpc) is 2.95. The Balaban J connectivity index is 1.67. The third-order valence-electron chi connectivity index (χ3n) is 4.24. The number of hydrogen-bond acceptors (Lipinski definition) is 4. The summed E-state index contributed by atoms with van der Waals surface area (Å²) in [6.45, 7) is 5.75. The van der Waals surface area contributed by atoms with Crippen LogP contribution < -0.4 is 15.4 Å². The molecule has 20 heavy (non-hydrogen) atoms. The molecule has 2 aliphatic rings. The number of nitrogens with zero attached hydrogens (tertiary/aromatic N) is 1. The van der Waals surface area contributed by atoms with Gasteiger partial charge in [0.05, 0.1) is 13.2 Å². The molecule has 0 spiro atoms. The van der Waals surface area contributed by atoms with Gasteiger partial charge >= 0.3 is 0 Å². The average molecular weight is 276 g/mol. The van der Waals surface area contributed by atoms with E-state index in [0.717, 1.165) is 44.7 Å². The van der Waals surface area contributed by atoms with E-state index >= 15 is 0 Å². The van der Waals surface area contributed by atoms with E-state index in [1.165, 1.54) is 11.3 Å². The van der Waals surface area contributed by atoms with Gasteiger partial charge in [-0.15, -0.1) is 0 Å². The van der Waals surface area contributed by atoms with Crippen LogP contribution in [0.1, 0.15) is 24.8 Å². The third kappa shape index (κ3) is 3.07. The monoisotopic (exact) mass is 276 g/mol. The van der Waals surface area contributed by atoms with Gasteiger partial charge in [-0.3, -0.25) is 0 Å². The van der Waals surface area contributed by atoms with Crippen molar-refractivity contribution in [2.45, 2.75) is 38.3 Å². The molecular formula is C16H24N2O2. The highest BCUT2D eigenvalue weighted by molar-refractivity contribution is 5.53. The lowest BCUT2D eigenvalue weighted by Crippen LogP contribution is -2.39. The van der Waals surface area contributed by atoms with E-state index in [2.05, 4.69) is 30.0 Å². The van der Waals surface area contributed by atoms with Gasteiger partial charge in [-0.1, -0.05) is 0 Å².